The van der Waals surface area contributed by atoms with Gasteiger partial charge in [-0.15, -0.1) is 0 Å². The van der Waals surface area contributed by atoms with Crippen molar-refractivity contribution in [2.75, 3.05) is 31.1 Å². The number of anilines is 1. The third-order valence-corrected chi connectivity index (χ3v) is 6.05. The Hall–Kier alpha value is -2.18. The number of likely N-dealkylation sites (tertiary alicyclic amines) is 1. The Morgan fingerprint density at radius 3 is 2.36 bits per heavy atom. The van der Waals surface area contributed by atoms with Crippen molar-refractivity contribution in [1.29, 1.82) is 0 Å². The summed E-state index contributed by atoms with van der Waals surface area (Å²) in [4.78, 5) is 37.4. The highest BCUT2D eigenvalue weighted by atomic mass is 16.4. The molecule has 2 aliphatic heterocycles. The number of carbonyl (C=O) groups is 2. The predicted octanol–water partition coefficient (Wildman–Crippen LogP) is 1.24. The van der Waals surface area contributed by atoms with Crippen molar-refractivity contribution in [3.05, 3.63) is 17.5 Å². The fourth-order valence-corrected chi connectivity index (χ4v) is 4.45. The standard InChI is InChI=1S/C18H24N4O3/c1-11-6-12(2)20-17(19-11)22-8-14-7-21(15(23)13-4-3-5-13)9-18(14,10-22)16(24)25/h6,13-14H,3-5,7-10H2,1-2H3,(H,24,25). The topological polar surface area (TPSA) is 86.6 Å². The van der Waals surface area contributed by atoms with Crippen molar-refractivity contribution in [2.45, 2.75) is 33.1 Å². The molecule has 0 bridgehead atoms. The molecule has 1 aliphatic carbocycles. The van der Waals surface area contributed by atoms with Gasteiger partial charge in [-0.05, 0) is 32.8 Å². The number of aliphatic carboxylic acids is 1. The van der Waals surface area contributed by atoms with E-state index < -0.39 is 11.4 Å². The summed E-state index contributed by atoms with van der Waals surface area (Å²) in [5.41, 5.74) is 0.858. The molecule has 25 heavy (non-hydrogen) atoms. The van der Waals surface area contributed by atoms with E-state index in [1.807, 2.05) is 24.8 Å². The molecular weight excluding hydrogens is 320 g/mol. The van der Waals surface area contributed by atoms with Crippen LogP contribution >= 0.6 is 0 Å². The van der Waals surface area contributed by atoms with Crippen LogP contribution in [0.1, 0.15) is 30.7 Å². The average Bonchev–Trinajstić information content (AvgIpc) is 2.99. The molecule has 7 heteroatoms. The third kappa shape index (κ3) is 2.56. The van der Waals surface area contributed by atoms with Crippen LogP contribution in [0.4, 0.5) is 5.95 Å². The molecule has 0 aromatic carbocycles. The molecule has 1 amide bonds. The van der Waals surface area contributed by atoms with Crippen LogP contribution in [0.2, 0.25) is 0 Å². The summed E-state index contributed by atoms with van der Waals surface area (Å²) in [6.07, 6.45) is 3.00. The lowest BCUT2D eigenvalue weighted by molar-refractivity contribution is -0.149. The second-order valence-corrected chi connectivity index (χ2v) is 7.84. The molecule has 1 aromatic heterocycles. The van der Waals surface area contributed by atoms with E-state index in [1.54, 1.807) is 4.90 Å². The Kier molecular flexibility index (Phi) is 3.70. The van der Waals surface area contributed by atoms with Gasteiger partial charge in [0.25, 0.3) is 0 Å². The van der Waals surface area contributed by atoms with E-state index in [4.69, 9.17) is 0 Å². The van der Waals surface area contributed by atoms with Crippen LogP contribution in [-0.2, 0) is 9.59 Å². The molecule has 134 valence electrons. The van der Waals surface area contributed by atoms with E-state index >= 15 is 0 Å². The monoisotopic (exact) mass is 344 g/mol. The molecular formula is C18H24N4O3. The van der Waals surface area contributed by atoms with Gasteiger partial charge in [-0.3, -0.25) is 9.59 Å². The number of nitrogens with zero attached hydrogens (tertiary/aromatic N) is 4. The highest BCUT2D eigenvalue weighted by Gasteiger charge is 2.59. The van der Waals surface area contributed by atoms with E-state index in [2.05, 4.69) is 9.97 Å². The Labute approximate surface area is 147 Å². The van der Waals surface area contributed by atoms with Crippen molar-refractivity contribution in [3.63, 3.8) is 0 Å². The Morgan fingerprint density at radius 1 is 1.16 bits per heavy atom. The molecule has 0 spiro atoms. The number of aromatic nitrogens is 2. The average molecular weight is 344 g/mol. The van der Waals surface area contributed by atoms with Crippen LogP contribution in [0.3, 0.4) is 0 Å². The Morgan fingerprint density at radius 2 is 1.84 bits per heavy atom. The molecule has 7 nitrogen and oxygen atoms in total. The minimum Gasteiger partial charge on any atom is -0.481 e. The molecule has 2 saturated heterocycles. The molecule has 3 fully saturated rings. The van der Waals surface area contributed by atoms with Crippen molar-refractivity contribution < 1.29 is 14.7 Å². The van der Waals surface area contributed by atoms with Gasteiger partial charge in [0.2, 0.25) is 11.9 Å². The van der Waals surface area contributed by atoms with Crippen LogP contribution < -0.4 is 4.90 Å². The van der Waals surface area contributed by atoms with E-state index in [-0.39, 0.29) is 17.7 Å². The SMILES string of the molecule is Cc1cc(C)nc(N2CC3CN(C(=O)C4CCC4)CC3(C(=O)O)C2)n1. The highest BCUT2D eigenvalue weighted by Crippen LogP contribution is 2.45. The largest absolute Gasteiger partial charge is 0.481 e. The van der Waals surface area contributed by atoms with Gasteiger partial charge in [0.15, 0.2) is 0 Å². The summed E-state index contributed by atoms with van der Waals surface area (Å²) in [5.74, 6) is -0.0184. The molecule has 3 heterocycles. The lowest BCUT2D eigenvalue weighted by atomic mass is 9.81. The number of carboxylic acids is 1. The Bertz CT molecular complexity index is 713. The first-order valence-electron chi connectivity index (χ1n) is 8.98. The van der Waals surface area contributed by atoms with Gasteiger partial charge in [-0.1, -0.05) is 6.42 Å². The van der Waals surface area contributed by atoms with Crippen molar-refractivity contribution in [2.24, 2.45) is 17.3 Å². The zero-order chi connectivity index (χ0) is 17.8. The maximum Gasteiger partial charge on any atom is 0.313 e. The summed E-state index contributed by atoms with van der Waals surface area (Å²) in [7, 11) is 0. The van der Waals surface area contributed by atoms with Gasteiger partial charge in [0.05, 0.1) is 0 Å². The fourth-order valence-electron chi connectivity index (χ4n) is 4.45. The maximum absolute atomic E-state index is 12.6. The predicted molar refractivity (Wildman–Crippen MR) is 91.2 cm³/mol. The molecule has 4 rings (SSSR count). The van der Waals surface area contributed by atoms with Crippen molar-refractivity contribution in [3.8, 4) is 0 Å². The summed E-state index contributed by atoms with van der Waals surface area (Å²) in [6.45, 7) is 5.63. The first-order chi connectivity index (χ1) is 11.9. The number of aryl methyl sites for hydroxylation is 2. The smallest absolute Gasteiger partial charge is 0.313 e. The number of amides is 1. The van der Waals surface area contributed by atoms with Crippen molar-refractivity contribution >= 4 is 17.8 Å². The number of hydrogen-bond acceptors (Lipinski definition) is 5. The molecule has 1 aromatic rings. The van der Waals surface area contributed by atoms with Crippen LogP contribution in [0.15, 0.2) is 6.07 Å². The summed E-state index contributed by atoms with van der Waals surface area (Å²) in [5, 5.41) is 9.95. The molecule has 0 radical (unpaired) electrons. The second kappa shape index (κ2) is 5.68. The van der Waals surface area contributed by atoms with E-state index in [0.717, 1.165) is 30.7 Å². The number of hydrogen-bond donors (Lipinski definition) is 1. The summed E-state index contributed by atoms with van der Waals surface area (Å²) in [6, 6.07) is 1.91. The molecule has 1 saturated carbocycles. The number of rotatable bonds is 3. The van der Waals surface area contributed by atoms with Crippen LogP contribution in [0, 0.1) is 31.1 Å². The second-order valence-electron chi connectivity index (χ2n) is 7.84. The summed E-state index contributed by atoms with van der Waals surface area (Å²) >= 11 is 0. The lowest BCUT2D eigenvalue weighted by Gasteiger charge is -2.31. The summed E-state index contributed by atoms with van der Waals surface area (Å²) < 4.78 is 0. The van der Waals surface area contributed by atoms with Crippen LogP contribution in [0.25, 0.3) is 0 Å². The van der Waals surface area contributed by atoms with Crippen LogP contribution in [-0.4, -0.2) is 58.0 Å². The number of fused-ring (bicyclic) bond motifs is 1. The molecule has 2 unspecified atom stereocenters. The Balaban J connectivity index is 1.56. The van der Waals surface area contributed by atoms with E-state index in [1.165, 1.54) is 0 Å². The molecule has 2 atom stereocenters. The quantitative estimate of drug-likeness (QED) is 0.888. The van der Waals surface area contributed by atoms with Gasteiger partial charge in [0.1, 0.15) is 5.41 Å². The number of carbonyl (C=O) groups excluding carboxylic acids is 1. The van der Waals surface area contributed by atoms with E-state index in [9.17, 15) is 14.7 Å². The van der Waals surface area contributed by atoms with E-state index in [0.29, 0.717) is 32.1 Å². The lowest BCUT2D eigenvalue weighted by Crippen LogP contribution is -2.44. The van der Waals surface area contributed by atoms with Gasteiger partial charge in [-0.2, -0.15) is 0 Å². The van der Waals surface area contributed by atoms with Gasteiger partial charge in [0, 0.05) is 49.4 Å². The molecule has 1 N–H and O–H groups in total. The van der Waals surface area contributed by atoms with Gasteiger partial charge < -0.3 is 14.9 Å². The maximum atomic E-state index is 12.6. The zero-order valence-corrected chi connectivity index (χ0v) is 14.7. The fraction of sp³-hybridized carbons (Fsp3) is 0.667. The minimum atomic E-state index is -0.902. The third-order valence-electron chi connectivity index (χ3n) is 6.05. The molecule has 3 aliphatic rings. The first kappa shape index (κ1) is 16.3. The van der Waals surface area contributed by atoms with Gasteiger partial charge in [-0.25, -0.2) is 9.97 Å². The van der Waals surface area contributed by atoms with Crippen molar-refractivity contribution in [1.82, 2.24) is 14.9 Å². The van der Waals surface area contributed by atoms with Gasteiger partial charge >= 0.3 is 5.97 Å². The zero-order valence-electron chi connectivity index (χ0n) is 14.7. The number of carboxylic acid groups (broad SMARTS) is 1. The first-order valence-corrected chi connectivity index (χ1v) is 8.98. The normalized spacial score (nSPS) is 28.8. The van der Waals surface area contributed by atoms with Crippen LogP contribution in [0.5, 0.6) is 0 Å². The minimum absolute atomic E-state index is 0.0709. The highest BCUT2D eigenvalue weighted by molar-refractivity contribution is 5.84.